The molecule has 1 aliphatic rings. The standard InChI is InChI=1S/C21H21BrClN5OS2/c22-18-11-10-17(31-18)12-24-25-19(29)13-30-21-27-26-20(14-6-8-15(23)9-7-14)28(21)16-4-2-1-3-5-16/h6-12,16H,1-5,13H2,(H,25,29)/b24-12-. The maximum Gasteiger partial charge on any atom is 0.250 e. The lowest BCUT2D eigenvalue weighted by atomic mass is 9.95. The Kier molecular flexibility index (Phi) is 7.81. The van der Waals surface area contributed by atoms with Gasteiger partial charge in [-0.3, -0.25) is 9.36 Å². The molecule has 0 saturated heterocycles. The van der Waals surface area contributed by atoms with E-state index in [9.17, 15) is 4.79 Å². The van der Waals surface area contributed by atoms with Gasteiger partial charge in [-0.25, -0.2) is 5.43 Å². The summed E-state index contributed by atoms with van der Waals surface area (Å²) >= 11 is 12.4. The van der Waals surface area contributed by atoms with E-state index in [1.165, 1.54) is 31.0 Å². The van der Waals surface area contributed by atoms with Crippen LogP contribution in [0.25, 0.3) is 11.4 Å². The molecule has 0 aliphatic heterocycles. The molecule has 0 bridgehead atoms. The molecular weight excluding hydrogens is 518 g/mol. The second kappa shape index (κ2) is 10.8. The molecule has 1 aromatic carbocycles. The Morgan fingerprint density at radius 2 is 2.00 bits per heavy atom. The van der Waals surface area contributed by atoms with E-state index >= 15 is 0 Å². The van der Waals surface area contributed by atoms with Crippen molar-refractivity contribution in [2.45, 2.75) is 43.3 Å². The van der Waals surface area contributed by atoms with Crippen LogP contribution < -0.4 is 5.43 Å². The van der Waals surface area contributed by atoms with Gasteiger partial charge in [0.2, 0.25) is 0 Å². The van der Waals surface area contributed by atoms with Crippen molar-refractivity contribution in [3.05, 3.63) is 50.1 Å². The fourth-order valence-corrected chi connectivity index (χ4v) is 5.79. The third-order valence-corrected chi connectivity index (χ3v) is 7.77. The molecule has 10 heteroatoms. The van der Waals surface area contributed by atoms with Crippen molar-refractivity contribution in [3.8, 4) is 11.4 Å². The maximum absolute atomic E-state index is 12.3. The molecule has 2 heterocycles. The first-order valence-electron chi connectivity index (χ1n) is 10.0. The van der Waals surface area contributed by atoms with E-state index in [4.69, 9.17) is 11.6 Å². The summed E-state index contributed by atoms with van der Waals surface area (Å²) in [7, 11) is 0. The van der Waals surface area contributed by atoms with Gasteiger partial charge in [0, 0.05) is 21.5 Å². The van der Waals surface area contributed by atoms with Crippen LogP contribution >= 0.6 is 50.6 Å². The lowest BCUT2D eigenvalue weighted by Gasteiger charge is -2.25. The maximum atomic E-state index is 12.3. The summed E-state index contributed by atoms with van der Waals surface area (Å²) in [5.41, 5.74) is 3.56. The van der Waals surface area contributed by atoms with Gasteiger partial charge in [-0.15, -0.1) is 21.5 Å². The average Bonchev–Trinajstić information content (AvgIpc) is 3.39. The van der Waals surface area contributed by atoms with Crippen LogP contribution in [0, 0.1) is 0 Å². The number of hydrazone groups is 1. The van der Waals surface area contributed by atoms with Gasteiger partial charge >= 0.3 is 0 Å². The molecule has 162 valence electrons. The highest BCUT2D eigenvalue weighted by atomic mass is 79.9. The summed E-state index contributed by atoms with van der Waals surface area (Å²) in [6, 6.07) is 11.9. The number of thiophene rings is 1. The third-order valence-electron chi connectivity index (χ3n) is 5.01. The molecule has 0 unspecified atom stereocenters. The van der Waals surface area contributed by atoms with Crippen molar-refractivity contribution in [2.24, 2.45) is 5.10 Å². The van der Waals surface area contributed by atoms with Crippen LogP contribution in [0.1, 0.15) is 43.0 Å². The second-order valence-corrected chi connectivity index (χ2v) is 11.1. The van der Waals surface area contributed by atoms with Gasteiger partial charge in [-0.2, -0.15) is 5.10 Å². The molecule has 1 saturated carbocycles. The number of nitrogens with one attached hydrogen (secondary N) is 1. The molecule has 4 rings (SSSR count). The van der Waals surface area contributed by atoms with Crippen LogP contribution in [0.5, 0.6) is 0 Å². The Labute approximate surface area is 202 Å². The van der Waals surface area contributed by atoms with Crippen LogP contribution in [0.2, 0.25) is 5.02 Å². The summed E-state index contributed by atoms with van der Waals surface area (Å²) in [6.07, 6.45) is 7.49. The Balaban J connectivity index is 1.46. The van der Waals surface area contributed by atoms with E-state index in [-0.39, 0.29) is 11.7 Å². The van der Waals surface area contributed by atoms with Gasteiger partial charge in [0.05, 0.1) is 15.8 Å². The molecule has 3 aromatic rings. The summed E-state index contributed by atoms with van der Waals surface area (Å²) in [5.74, 6) is 0.868. The molecule has 1 amide bonds. The van der Waals surface area contributed by atoms with Crippen molar-refractivity contribution in [2.75, 3.05) is 5.75 Å². The summed E-state index contributed by atoms with van der Waals surface area (Å²) in [4.78, 5) is 13.3. The highest BCUT2D eigenvalue weighted by Gasteiger charge is 2.24. The van der Waals surface area contributed by atoms with Crippen molar-refractivity contribution in [3.63, 3.8) is 0 Å². The van der Waals surface area contributed by atoms with Gasteiger partial charge in [-0.05, 0) is 65.2 Å². The number of amides is 1. The van der Waals surface area contributed by atoms with Crippen LogP contribution in [0.15, 0.2) is 50.4 Å². The molecule has 2 aromatic heterocycles. The first-order chi connectivity index (χ1) is 15.1. The smallest absolute Gasteiger partial charge is 0.250 e. The molecule has 1 fully saturated rings. The van der Waals surface area contributed by atoms with Crippen LogP contribution in [-0.2, 0) is 4.79 Å². The van der Waals surface area contributed by atoms with E-state index in [2.05, 4.69) is 41.2 Å². The van der Waals surface area contributed by atoms with Crippen molar-refractivity contribution < 1.29 is 4.79 Å². The van der Waals surface area contributed by atoms with Gasteiger partial charge in [-0.1, -0.05) is 42.6 Å². The molecule has 1 aliphatic carbocycles. The number of aromatic nitrogens is 3. The number of nitrogens with zero attached hydrogens (tertiary/aromatic N) is 4. The number of halogens is 2. The number of carbonyl (C=O) groups is 1. The predicted molar refractivity (Wildman–Crippen MR) is 131 cm³/mol. The zero-order valence-electron chi connectivity index (χ0n) is 16.6. The molecular formula is C21H21BrClN5OS2. The highest BCUT2D eigenvalue weighted by molar-refractivity contribution is 9.11. The largest absolute Gasteiger partial charge is 0.299 e. The minimum atomic E-state index is -0.178. The number of benzene rings is 1. The van der Waals surface area contributed by atoms with Gasteiger partial charge in [0.1, 0.15) is 0 Å². The van der Waals surface area contributed by atoms with E-state index in [0.29, 0.717) is 11.1 Å². The topological polar surface area (TPSA) is 72.2 Å². The summed E-state index contributed by atoms with van der Waals surface area (Å²) in [6.45, 7) is 0. The van der Waals surface area contributed by atoms with Crippen LogP contribution in [0.4, 0.5) is 0 Å². The fraction of sp³-hybridized carbons (Fsp3) is 0.333. The number of rotatable bonds is 7. The van der Waals surface area contributed by atoms with Gasteiger partial charge in [0.25, 0.3) is 5.91 Å². The number of hydrogen-bond acceptors (Lipinski definition) is 6. The highest BCUT2D eigenvalue weighted by Crippen LogP contribution is 2.35. The monoisotopic (exact) mass is 537 g/mol. The lowest BCUT2D eigenvalue weighted by Crippen LogP contribution is -2.20. The fourth-order valence-electron chi connectivity index (χ4n) is 3.57. The lowest BCUT2D eigenvalue weighted by molar-refractivity contribution is -0.118. The number of thioether (sulfide) groups is 1. The summed E-state index contributed by atoms with van der Waals surface area (Å²) < 4.78 is 3.22. The molecule has 0 atom stereocenters. The van der Waals surface area contributed by atoms with Crippen molar-refractivity contribution in [1.29, 1.82) is 0 Å². The first kappa shape index (κ1) is 22.5. The average molecular weight is 539 g/mol. The Bertz CT molecular complexity index is 1060. The zero-order chi connectivity index (χ0) is 21.6. The van der Waals surface area contributed by atoms with E-state index in [1.807, 2.05) is 36.4 Å². The molecule has 31 heavy (non-hydrogen) atoms. The SMILES string of the molecule is O=C(CSc1nnc(-c2ccc(Cl)cc2)n1C1CCCCC1)N/N=C\c1ccc(Br)s1. The Morgan fingerprint density at radius 3 is 2.71 bits per heavy atom. The molecule has 1 N–H and O–H groups in total. The molecule has 0 radical (unpaired) electrons. The number of carbonyl (C=O) groups excluding carboxylic acids is 1. The second-order valence-electron chi connectivity index (χ2n) is 7.20. The van der Waals surface area contributed by atoms with Crippen molar-refractivity contribution in [1.82, 2.24) is 20.2 Å². The van der Waals surface area contributed by atoms with Gasteiger partial charge < -0.3 is 0 Å². The van der Waals surface area contributed by atoms with Gasteiger partial charge in [0.15, 0.2) is 11.0 Å². The normalized spacial score (nSPS) is 14.9. The van der Waals surface area contributed by atoms with E-state index < -0.39 is 0 Å². The molecule has 0 spiro atoms. The summed E-state index contributed by atoms with van der Waals surface area (Å²) in [5, 5.41) is 14.4. The quantitative estimate of drug-likeness (QED) is 0.222. The third kappa shape index (κ3) is 5.97. The van der Waals surface area contributed by atoms with E-state index in [1.54, 1.807) is 17.6 Å². The number of hydrogen-bond donors (Lipinski definition) is 1. The Hall–Kier alpha value is -1.68. The van der Waals surface area contributed by atoms with Crippen LogP contribution in [-0.4, -0.2) is 32.6 Å². The Morgan fingerprint density at radius 1 is 1.23 bits per heavy atom. The predicted octanol–water partition coefficient (Wildman–Crippen LogP) is 6.17. The van der Waals surface area contributed by atoms with Crippen LogP contribution in [0.3, 0.4) is 0 Å². The molecule has 6 nitrogen and oxygen atoms in total. The first-order valence-corrected chi connectivity index (χ1v) is 13.0. The van der Waals surface area contributed by atoms with E-state index in [0.717, 1.165) is 38.0 Å². The minimum absolute atomic E-state index is 0.178. The van der Waals surface area contributed by atoms with Crippen molar-refractivity contribution >= 4 is 62.8 Å². The minimum Gasteiger partial charge on any atom is -0.299 e. The zero-order valence-corrected chi connectivity index (χ0v) is 20.6.